The third kappa shape index (κ3) is 3.55. The van der Waals surface area contributed by atoms with Gasteiger partial charge in [0.2, 0.25) is 0 Å². The zero-order valence-electron chi connectivity index (χ0n) is 15.9. The minimum atomic E-state index is -0.203. The maximum Gasteiger partial charge on any atom is 0.254 e. The zero-order chi connectivity index (χ0) is 19.7. The molecule has 2 aromatic heterocycles. The molecule has 0 bridgehead atoms. The number of furan rings is 1. The molecule has 3 aromatic rings. The highest BCUT2D eigenvalue weighted by atomic mass is 16.3. The Bertz CT molecular complexity index is 1030. The Morgan fingerprint density at radius 3 is 2.86 bits per heavy atom. The number of aryl methyl sites for hydroxylation is 2. The molecule has 0 atom stereocenters. The molecule has 0 spiro atoms. The first-order chi connectivity index (χ1) is 13.5. The summed E-state index contributed by atoms with van der Waals surface area (Å²) in [5.41, 5.74) is 2.86. The van der Waals surface area contributed by atoms with Gasteiger partial charge in [-0.1, -0.05) is 6.07 Å². The van der Waals surface area contributed by atoms with Gasteiger partial charge in [-0.3, -0.25) is 9.59 Å². The van der Waals surface area contributed by atoms with Crippen LogP contribution in [0.3, 0.4) is 0 Å². The molecule has 3 heterocycles. The van der Waals surface area contributed by atoms with Crippen LogP contribution in [0, 0.1) is 6.92 Å². The Morgan fingerprint density at radius 1 is 1.29 bits per heavy atom. The van der Waals surface area contributed by atoms with Crippen molar-refractivity contribution >= 4 is 11.8 Å². The van der Waals surface area contributed by atoms with E-state index in [0.29, 0.717) is 42.9 Å². The third-order valence-electron chi connectivity index (χ3n) is 4.90. The van der Waals surface area contributed by atoms with E-state index in [1.165, 1.54) is 0 Å². The molecule has 4 rings (SSSR count). The Hall–Kier alpha value is -3.35. The van der Waals surface area contributed by atoms with E-state index in [0.717, 1.165) is 17.0 Å². The van der Waals surface area contributed by atoms with Gasteiger partial charge in [-0.25, -0.2) is 4.98 Å². The number of carbonyl (C=O) groups is 2. The molecule has 0 unspecified atom stereocenters. The molecule has 0 saturated heterocycles. The highest BCUT2D eigenvalue weighted by Crippen LogP contribution is 2.26. The number of imidazole rings is 1. The van der Waals surface area contributed by atoms with Crippen LogP contribution in [0.5, 0.6) is 0 Å². The average Bonchev–Trinajstić information content (AvgIpc) is 3.37. The fraction of sp³-hybridized carbons (Fsp3) is 0.286. The van der Waals surface area contributed by atoms with Crippen molar-refractivity contribution in [2.45, 2.75) is 26.4 Å². The number of benzene rings is 1. The van der Waals surface area contributed by atoms with E-state index in [-0.39, 0.29) is 11.8 Å². The van der Waals surface area contributed by atoms with Crippen LogP contribution in [0.25, 0.3) is 0 Å². The summed E-state index contributed by atoms with van der Waals surface area (Å²) in [6, 6.07) is 9.00. The molecule has 1 aliphatic rings. The predicted molar refractivity (Wildman–Crippen MR) is 103 cm³/mol. The lowest BCUT2D eigenvalue weighted by molar-refractivity contribution is 0.0778. The summed E-state index contributed by atoms with van der Waals surface area (Å²) < 4.78 is 7.38. The number of hydrogen-bond donors (Lipinski definition) is 1. The first kappa shape index (κ1) is 18.0. The molecule has 28 heavy (non-hydrogen) atoms. The number of fused-ring (bicyclic) bond motifs is 1. The van der Waals surface area contributed by atoms with Crippen LogP contribution < -0.4 is 5.32 Å². The van der Waals surface area contributed by atoms with Crippen molar-refractivity contribution in [1.29, 1.82) is 0 Å². The first-order valence-electron chi connectivity index (χ1n) is 9.23. The Balaban J connectivity index is 1.45. The van der Waals surface area contributed by atoms with Gasteiger partial charge in [0.05, 0.1) is 18.6 Å². The molecule has 0 saturated carbocycles. The molecular formula is C21H22N4O3. The lowest BCUT2D eigenvalue weighted by atomic mass is 10.0. The molecule has 1 aliphatic heterocycles. The molecular weight excluding hydrogens is 356 g/mol. The SMILES string of the molecule is Cc1ccc(CNC(=O)c2cccc3c2CN(CCc2cn(C)cn2)C3=O)o1. The summed E-state index contributed by atoms with van der Waals surface area (Å²) in [4.78, 5) is 31.5. The van der Waals surface area contributed by atoms with Crippen LogP contribution in [-0.4, -0.2) is 32.8 Å². The summed E-state index contributed by atoms with van der Waals surface area (Å²) in [5, 5.41) is 2.87. The van der Waals surface area contributed by atoms with E-state index in [1.807, 2.05) is 36.9 Å². The van der Waals surface area contributed by atoms with E-state index in [2.05, 4.69) is 10.3 Å². The van der Waals surface area contributed by atoms with Crippen LogP contribution in [0.15, 0.2) is 47.3 Å². The molecule has 0 aliphatic carbocycles. The van der Waals surface area contributed by atoms with Crippen molar-refractivity contribution in [2.24, 2.45) is 7.05 Å². The Labute approximate surface area is 163 Å². The third-order valence-corrected chi connectivity index (χ3v) is 4.90. The van der Waals surface area contributed by atoms with Crippen LogP contribution in [0.4, 0.5) is 0 Å². The quantitative estimate of drug-likeness (QED) is 0.714. The zero-order valence-corrected chi connectivity index (χ0v) is 15.9. The summed E-state index contributed by atoms with van der Waals surface area (Å²) in [6.45, 7) is 3.18. The molecule has 7 heteroatoms. The van der Waals surface area contributed by atoms with Gasteiger partial charge < -0.3 is 19.2 Å². The number of nitrogens with zero attached hydrogens (tertiary/aromatic N) is 3. The summed E-state index contributed by atoms with van der Waals surface area (Å²) in [5.74, 6) is 1.26. The molecule has 0 radical (unpaired) electrons. The smallest absolute Gasteiger partial charge is 0.254 e. The normalized spacial score (nSPS) is 13.1. The minimum absolute atomic E-state index is 0.0396. The molecule has 1 aromatic carbocycles. The number of rotatable bonds is 6. The molecule has 2 amide bonds. The number of carbonyl (C=O) groups excluding carboxylic acids is 2. The largest absolute Gasteiger partial charge is 0.465 e. The topological polar surface area (TPSA) is 80.4 Å². The highest BCUT2D eigenvalue weighted by Gasteiger charge is 2.30. The van der Waals surface area contributed by atoms with Crippen LogP contribution in [0.2, 0.25) is 0 Å². The van der Waals surface area contributed by atoms with Gasteiger partial charge >= 0.3 is 0 Å². The minimum Gasteiger partial charge on any atom is -0.465 e. The van der Waals surface area contributed by atoms with Gasteiger partial charge in [0, 0.05) is 43.9 Å². The Kier molecular flexibility index (Phi) is 4.73. The Morgan fingerprint density at radius 2 is 2.14 bits per heavy atom. The van der Waals surface area contributed by atoms with Crippen molar-refractivity contribution in [3.05, 3.63) is 76.8 Å². The summed E-state index contributed by atoms with van der Waals surface area (Å²) in [7, 11) is 1.92. The van der Waals surface area contributed by atoms with Gasteiger partial charge in [-0.2, -0.15) is 0 Å². The molecule has 144 valence electrons. The van der Waals surface area contributed by atoms with Crippen molar-refractivity contribution < 1.29 is 14.0 Å². The first-order valence-corrected chi connectivity index (χ1v) is 9.23. The van der Waals surface area contributed by atoms with Gasteiger partial charge in [0.25, 0.3) is 11.8 Å². The van der Waals surface area contributed by atoms with Gasteiger partial charge in [0.1, 0.15) is 11.5 Å². The van der Waals surface area contributed by atoms with E-state index >= 15 is 0 Å². The van der Waals surface area contributed by atoms with E-state index in [4.69, 9.17) is 4.42 Å². The highest BCUT2D eigenvalue weighted by molar-refractivity contribution is 6.04. The molecule has 1 N–H and O–H groups in total. The van der Waals surface area contributed by atoms with Gasteiger partial charge in [-0.05, 0) is 36.8 Å². The number of nitrogens with one attached hydrogen (secondary N) is 1. The van der Waals surface area contributed by atoms with E-state index in [1.54, 1.807) is 29.4 Å². The second kappa shape index (κ2) is 7.34. The van der Waals surface area contributed by atoms with Crippen molar-refractivity contribution in [2.75, 3.05) is 6.54 Å². The summed E-state index contributed by atoms with van der Waals surface area (Å²) in [6.07, 6.45) is 4.38. The van der Waals surface area contributed by atoms with Crippen LogP contribution in [-0.2, 0) is 26.6 Å². The van der Waals surface area contributed by atoms with Crippen LogP contribution >= 0.6 is 0 Å². The fourth-order valence-electron chi connectivity index (χ4n) is 3.47. The maximum absolute atomic E-state index is 12.7. The van der Waals surface area contributed by atoms with Crippen molar-refractivity contribution in [1.82, 2.24) is 19.8 Å². The molecule has 7 nitrogen and oxygen atoms in total. The number of aromatic nitrogens is 2. The van der Waals surface area contributed by atoms with E-state index < -0.39 is 0 Å². The summed E-state index contributed by atoms with van der Waals surface area (Å²) >= 11 is 0. The standard InChI is InChI=1S/C21H22N4O3/c1-14-6-7-16(28-14)10-22-20(26)17-4-3-5-18-19(17)12-25(21(18)27)9-8-15-11-24(2)13-23-15/h3-7,11,13H,8-10,12H2,1-2H3,(H,22,26). The predicted octanol–water partition coefficient (Wildman–Crippen LogP) is 2.45. The van der Waals surface area contributed by atoms with Crippen molar-refractivity contribution in [3.8, 4) is 0 Å². The number of amides is 2. The lowest BCUT2D eigenvalue weighted by Gasteiger charge is -2.14. The lowest BCUT2D eigenvalue weighted by Crippen LogP contribution is -2.26. The van der Waals surface area contributed by atoms with Gasteiger partial charge in [-0.15, -0.1) is 0 Å². The monoisotopic (exact) mass is 378 g/mol. The van der Waals surface area contributed by atoms with Crippen molar-refractivity contribution in [3.63, 3.8) is 0 Å². The number of hydrogen-bond acceptors (Lipinski definition) is 4. The second-order valence-electron chi connectivity index (χ2n) is 7.03. The van der Waals surface area contributed by atoms with Crippen LogP contribution in [0.1, 0.15) is 43.5 Å². The average molecular weight is 378 g/mol. The maximum atomic E-state index is 12.7. The molecule has 0 fully saturated rings. The fourth-order valence-corrected chi connectivity index (χ4v) is 3.47. The van der Waals surface area contributed by atoms with Gasteiger partial charge in [0.15, 0.2) is 0 Å². The second-order valence-corrected chi connectivity index (χ2v) is 7.03. The van der Waals surface area contributed by atoms with E-state index in [9.17, 15) is 9.59 Å².